The van der Waals surface area contributed by atoms with Gasteiger partial charge in [0.15, 0.2) is 0 Å². The topological polar surface area (TPSA) is 38.0 Å². The fourth-order valence-electron chi connectivity index (χ4n) is 1.92. The number of aryl methyl sites for hydroxylation is 1. The summed E-state index contributed by atoms with van der Waals surface area (Å²) in [6.45, 7) is 2.17. The monoisotopic (exact) mass is 402 g/mol. The lowest BCUT2D eigenvalue weighted by atomic mass is 10.0. The van der Waals surface area contributed by atoms with Crippen LogP contribution < -0.4 is 11.3 Å². The molecule has 0 aliphatic rings. The molecule has 2 rings (SSSR count). The Bertz CT molecular complexity index is 517. The number of hydrogen-bond donors (Lipinski definition) is 2. The average Bonchev–Trinajstić information content (AvgIpc) is 2.76. The van der Waals surface area contributed by atoms with Crippen molar-refractivity contribution in [3.05, 3.63) is 54.6 Å². The highest BCUT2D eigenvalue weighted by Crippen LogP contribution is 2.36. The van der Waals surface area contributed by atoms with Gasteiger partial charge in [0.1, 0.15) is 0 Å². The maximum absolute atomic E-state index is 5.69. The van der Waals surface area contributed by atoms with Crippen LogP contribution in [0.4, 0.5) is 0 Å². The second-order valence-electron chi connectivity index (χ2n) is 4.36. The second kappa shape index (κ2) is 6.99. The first-order valence-electron chi connectivity index (χ1n) is 6.12. The molecule has 1 atom stereocenters. The van der Waals surface area contributed by atoms with E-state index in [1.54, 1.807) is 11.3 Å². The van der Waals surface area contributed by atoms with E-state index in [0.29, 0.717) is 0 Å². The van der Waals surface area contributed by atoms with E-state index in [9.17, 15) is 0 Å². The van der Waals surface area contributed by atoms with E-state index < -0.39 is 0 Å². The lowest BCUT2D eigenvalue weighted by Gasteiger charge is -2.14. The summed E-state index contributed by atoms with van der Waals surface area (Å²) in [5.74, 6) is 5.69. The Hall–Kier alpha value is -0.200. The summed E-state index contributed by atoms with van der Waals surface area (Å²) in [4.78, 5) is 1.22. The fourth-order valence-corrected chi connectivity index (χ4v) is 4.07. The Morgan fingerprint density at radius 2 is 1.84 bits per heavy atom. The standard InChI is InChI=1S/C14H16Br2N2S/c1-2-9-3-5-10(6-4-9)7-12(18-17)13-8-11(15)14(16)19-13/h3-6,8,12,18H,2,7,17H2,1H3. The zero-order chi connectivity index (χ0) is 13.8. The van der Waals surface area contributed by atoms with Crippen molar-refractivity contribution in [1.29, 1.82) is 0 Å². The van der Waals surface area contributed by atoms with E-state index >= 15 is 0 Å². The Kier molecular flexibility index (Phi) is 5.59. The molecule has 2 aromatic rings. The smallest absolute Gasteiger partial charge is 0.0843 e. The van der Waals surface area contributed by atoms with Crippen LogP contribution in [-0.4, -0.2) is 0 Å². The van der Waals surface area contributed by atoms with E-state index in [2.05, 4.69) is 74.5 Å². The first-order chi connectivity index (χ1) is 9.13. The minimum Gasteiger partial charge on any atom is -0.271 e. The number of halogens is 2. The van der Waals surface area contributed by atoms with Gasteiger partial charge in [-0.2, -0.15) is 0 Å². The Balaban J connectivity index is 2.13. The van der Waals surface area contributed by atoms with Crippen LogP contribution in [0.3, 0.4) is 0 Å². The van der Waals surface area contributed by atoms with Crippen molar-refractivity contribution >= 4 is 43.2 Å². The molecule has 0 saturated carbocycles. The molecule has 0 amide bonds. The third-order valence-corrected chi connectivity index (χ3v) is 6.45. The van der Waals surface area contributed by atoms with Gasteiger partial charge in [0.2, 0.25) is 0 Å². The largest absolute Gasteiger partial charge is 0.271 e. The van der Waals surface area contributed by atoms with E-state index in [0.717, 1.165) is 21.1 Å². The molecule has 3 N–H and O–H groups in total. The lowest BCUT2D eigenvalue weighted by Crippen LogP contribution is -2.28. The van der Waals surface area contributed by atoms with E-state index in [1.165, 1.54) is 16.0 Å². The van der Waals surface area contributed by atoms with Crippen molar-refractivity contribution in [3.63, 3.8) is 0 Å². The molecule has 1 unspecified atom stereocenters. The highest BCUT2D eigenvalue weighted by atomic mass is 79.9. The summed E-state index contributed by atoms with van der Waals surface area (Å²) >= 11 is 8.73. The van der Waals surface area contributed by atoms with Gasteiger partial charge in [-0.25, -0.2) is 0 Å². The SMILES string of the molecule is CCc1ccc(CC(NN)c2cc(Br)c(Br)s2)cc1. The average molecular weight is 404 g/mol. The Morgan fingerprint density at radius 3 is 2.32 bits per heavy atom. The third-order valence-electron chi connectivity index (χ3n) is 3.08. The van der Waals surface area contributed by atoms with Crippen LogP contribution in [0.15, 0.2) is 38.6 Å². The van der Waals surface area contributed by atoms with Crippen molar-refractivity contribution in [1.82, 2.24) is 5.43 Å². The summed E-state index contributed by atoms with van der Waals surface area (Å²) < 4.78 is 2.18. The molecule has 2 nitrogen and oxygen atoms in total. The van der Waals surface area contributed by atoms with E-state index in [-0.39, 0.29) is 6.04 Å². The molecule has 0 spiro atoms. The molecule has 5 heteroatoms. The molecule has 102 valence electrons. The number of rotatable bonds is 5. The van der Waals surface area contributed by atoms with Gasteiger partial charge in [0.05, 0.1) is 9.83 Å². The summed E-state index contributed by atoms with van der Waals surface area (Å²) in [6.07, 6.45) is 1.96. The molecule has 0 saturated heterocycles. The zero-order valence-electron chi connectivity index (χ0n) is 10.6. The van der Waals surface area contributed by atoms with Crippen LogP contribution in [0.5, 0.6) is 0 Å². The summed E-state index contributed by atoms with van der Waals surface area (Å²) in [5, 5.41) is 0. The van der Waals surface area contributed by atoms with Gasteiger partial charge in [-0.05, 0) is 61.9 Å². The molecule has 0 aliphatic heterocycles. The first kappa shape index (κ1) is 15.2. The van der Waals surface area contributed by atoms with E-state index in [4.69, 9.17) is 5.84 Å². The molecule has 0 fully saturated rings. The fraction of sp³-hybridized carbons (Fsp3) is 0.286. The van der Waals surface area contributed by atoms with Crippen LogP contribution in [0.2, 0.25) is 0 Å². The highest BCUT2D eigenvalue weighted by Gasteiger charge is 2.15. The normalized spacial score (nSPS) is 12.6. The van der Waals surface area contributed by atoms with Gasteiger partial charge < -0.3 is 0 Å². The van der Waals surface area contributed by atoms with Crippen molar-refractivity contribution in [2.45, 2.75) is 25.8 Å². The molecule has 0 bridgehead atoms. The Labute approximate surface area is 134 Å². The molecule has 1 heterocycles. The predicted molar refractivity (Wildman–Crippen MR) is 89.3 cm³/mol. The third kappa shape index (κ3) is 3.89. The number of benzene rings is 1. The van der Waals surface area contributed by atoms with Gasteiger partial charge in [0, 0.05) is 9.35 Å². The number of hydrogen-bond acceptors (Lipinski definition) is 3. The maximum atomic E-state index is 5.69. The van der Waals surface area contributed by atoms with Gasteiger partial charge in [-0.15, -0.1) is 11.3 Å². The first-order valence-corrected chi connectivity index (χ1v) is 8.53. The van der Waals surface area contributed by atoms with Crippen LogP contribution in [-0.2, 0) is 12.8 Å². The van der Waals surface area contributed by atoms with E-state index in [1.807, 2.05) is 0 Å². The molecule has 0 radical (unpaired) electrons. The summed E-state index contributed by atoms with van der Waals surface area (Å²) in [5.41, 5.74) is 5.56. The zero-order valence-corrected chi connectivity index (χ0v) is 14.6. The number of nitrogens with one attached hydrogen (secondary N) is 1. The molecular weight excluding hydrogens is 388 g/mol. The van der Waals surface area contributed by atoms with Gasteiger partial charge >= 0.3 is 0 Å². The maximum Gasteiger partial charge on any atom is 0.0843 e. The lowest BCUT2D eigenvalue weighted by molar-refractivity contribution is 0.560. The van der Waals surface area contributed by atoms with Crippen LogP contribution >= 0.6 is 43.2 Å². The number of thiophene rings is 1. The Morgan fingerprint density at radius 1 is 1.21 bits per heavy atom. The quantitative estimate of drug-likeness (QED) is 0.566. The van der Waals surface area contributed by atoms with Gasteiger partial charge in [-0.3, -0.25) is 11.3 Å². The molecule has 1 aromatic carbocycles. The highest BCUT2D eigenvalue weighted by molar-refractivity contribution is 9.13. The van der Waals surface area contributed by atoms with Gasteiger partial charge in [-0.1, -0.05) is 31.2 Å². The van der Waals surface area contributed by atoms with Crippen molar-refractivity contribution in [2.75, 3.05) is 0 Å². The van der Waals surface area contributed by atoms with Crippen molar-refractivity contribution in [3.8, 4) is 0 Å². The number of hydrazine groups is 1. The molecule has 1 aromatic heterocycles. The molecule has 19 heavy (non-hydrogen) atoms. The molecule has 0 aliphatic carbocycles. The van der Waals surface area contributed by atoms with Crippen LogP contribution in [0.1, 0.15) is 29.0 Å². The minimum absolute atomic E-state index is 0.139. The second-order valence-corrected chi connectivity index (χ2v) is 7.62. The molecular formula is C14H16Br2N2S. The van der Waals surface area contributed by atoms with Gasteiger partial charge in [0.25, 0.3) is 0 Å². The number of nitrogens with two attached hydrogens (primary N) is 1. The summed E-state index contributed by atoms with van der Waals surface area (Å²) in [6, 6.07) is 11.0. The van der Waals surface area contributed by atoms with Crippen molar-refractivity contribution in [2.24, 2.45) is 5.84 Å². The van der Waals surface area contributed by atoms with Crippen LogP contribution in [0, 0.1) is 0 Å². The predicted octanol–water partition coefficient (Wildman–Crippen LogP) is 4.58. The van der Waals surface area contributed by atoms with Crippen LogP contribution in [0.25, 0.3) is 0 Å². The van der Waals surface area contributed by atoms with Crippen molar-refractivity contribution < 1.29 is 0 Å². The summed E-state index contributed by atoms with van der Waals surface area (Å²) in [7, 11) is 0. The minimum atomic E-state index is 0.139.